The van der Waals surface area contributed by atoms with Crippen LogP contribution in [0.1, 0.15) is 40.7 Å². The number of nitrogens with zero attached hydrogens (tertiary/aromatic N) is 3. The predicted molar refractivity (Wildman–Crippen MR) is 128 cm³/mol. The van der Waals surface area contributed by atoms with Crippen molar-refractivity contribution < 1.29 is 24.2 Å². The van der Waals surface area contributed by atoms with E-state index in [-0.39, 0.29) is 29.8 Å². The molecule has 0 bridgehead atoms. The number of carboxylic acids is 1. The molecular weight excluding hydrogens is 448 g/mol. The highest BCUT2D eigenvalue weighted by Gasteiger charge is 2.41. The average molecular weight is 475 g/mol. The van der Waals surface area contributed by atoms with Gasteiger partial charge in [0.2, 0.25) is 0 Å². The Kier molecular flexibility index (Phi) is 5.76. The second kappa shape index (κ2) is 8.90. The number of likely N-dealkylation sites (tertiary alicyclic amines) is 1. The van der Waals surface area contributed by atoms with Crippen LogP contribution in [0.3, 0.4) is 0 Å². The van der Waals surface area contributed by atoms with Crippen LogP contribution in [0.2, 0.25) is 0 Å². The molecule has 0 saturated carbocycles. The average Bonchev–Trinajstić information content (AvgIpc) is 3.51. The first-order chi connectivity index (χ1) is 16.9. The number of amides is 2. The number of carbonyl (C=O) groups is 3. The van der Waals surface area contributed by atoms with Crippen molar-refractivity contribution in [1.29, 1.82) is 0 Å². The lowest BCUT2D eigenvalue weighted by Crippen LogP contribution is -2.43. The number of carbonyl (C=O) groups excluding carboxylic acids is 2. The molecule has 9 heteroatoms. The van der Waals surface area contributed by atoms with Crippen LogP contribution >= 0.6 is 0 Å². The predicted octanol–water partition coefficient (Wildman–Crippen LogP) is 3.72. The van der Waals surface area contributed by atoms with Gasteiger partial charge in [-0.1, -0.05) is 55.5 Å². The summed E-state index contributed by atoms with van der Waals surface area (Å²) in [5.41, 5.74) is 4.58. The highest BCUT2D eigenvalue weighted by molar-refractivity contribution is 6.03. The molecule has 180 valence electrons. The van der Waals surface area contributed by atoms with Crippen molar-refractivity contribution in [3.63, 3.8) is 0 Å². The van der Waals surface area contributed by atoms with E-state index in [2.05, 4.69) is 22.5 Å². The smallest absolute Gasteiger partial charge is 0.412 e. The molecule has 0 spiro atoms. The van der Waals surface area contributed by atoms with Crippen molar-refractivity contribution in [2.45, 2.75) is 25.3 Å². The molecule has 1 aliphatic heterocycles. The van der Waals surface area contributed by atoms with Gasteiger partial charge in [-0.05, 0) is 34.6 Å². The van der Waals surface area contributed by atoms with E-state index in [1.165, 1.54) is 15.8 Å². The van der Waals surface area contributed by atoms with Crippen LogP contribution in [0.5, 0.6) is 0 Å². The first kappa shape index (κ1) is 22.6. The Morgan fingerprint density at radius 2 is 1.71 bits per heavy atom. The number of hydrogen-bond donors (Lipinski definition) is 2. The number of benzene rings is 2. The molecule has 2 N–H and O–H groups in total. The van der Waals surface area contributed by atoms with Crippen LogP contribution in [-0.2, 0) is 16.6 Å². The SMILES string of the molecule is CC1CCN(C(=O)c2cnn(C)c2NC(=O)OCC2c3ccccc3-c3ccccc32)C1C(=O)O. The van der Waals surface area contributed by atoms with Gasteiger partial charge in [0.1, 0.15) is 24.0 Å². The minimum Gasteiger partial charge on any atom is -0.480 e. The van der Waals surface area contributed by atoms with Crippen LogP contribution < -0.4 is 5.32 Å². The molecule has 1 aliphatic carbocycles. The molecule has 0 radical (unpaired) electrons. The van der Waals surface area contributed by atoms with Crippen molar-refractivity contribution in [3.05, 3.63) is 71.4 Å². The van der Waals surface area contributed by atoms with Gasteiger partial charge >= 0.3 is 12.1 Å². The van der Waals surface area contributed by atoms with Crippen molar-refractivity contribution in [3.8, 4) is 11.1 Å². The van der Waals surface area contributed by atoms with Crippen LogP contribution in [0.25, 0.3) is 11.1 Å². The van der Waals surface area contributed by atoms with Gasteiger partial charge in [0.15, 0.2) is 0 Å². The second-order valence-corrected chi connectivity index (χ2v) is 9.03. The Labute approximate surface area is 202 Å². The van der Waals surface area contributed by atoms with E-state index in [0.29, 0.717) is 13.0 Å². The van der Waals surface area contributed by atoms with E-state index < -0.39 is 24.0 Å². The zero-order chi connectivity index (χ0) is 24.7. The van der Waals surface area contributed by atoms with E-state index in [1.807, 2.05) is 43.3 Å². The molecule has 2 atom stereocenters. The number of fused-ring (bicyclic) bond motifs is 3. The fourth-order valence-electron chi connectivity index (χ4n) is 5.18. The fraction of sp³-hybridized carbons (Fsp3) is 0.308. The largest absolute Gasteiger partial charge is 0.480 e. The zero-order valence-corrected chi connectivity index (χ0v) is 19.5. The Morgan fingerprint density at radius 1 is 1.09 bits per heavy atom. The Hall–Kier alpha value is -4.14. The Balaban J connectivity index is 1.31. The van der Waals surface area contributed by atoms with Gasteiger partial charge in [-0.25, -0.2) is 9.59 Å². The number of rotatable bonds is 5. The van der Waals surface area contributed by atoms with Crippen molar-refractivity contribution in [2.24, 2.45) is 13.0 Å². The molecule has 2 amide bonds. The molecule has 35 heavy (non-hydrogen) atoms. The van der Waals surface area contributed by atoms with E-state index in [9.17, 15) is 19.5 Å². The number of nitrogens with one attached hydrogen (secondary N) is 1. The monoisotopic (exact) mass is 474 g/mol. The number of aromatic nitrogens is 2. The number of carboxylic acid groups (broad SMARTS) is 1. The van der Waals surface area contributed by atoms with Crippen LogP contribution in [0.15, 0.2) is 54.7 Å². The highest BCUT2D eigenvalue weighted by atomic mass is 16.5. The van der Waals surface area contributed by atoms with E-state index in [4.69, 9.17) is 4.74 Å². The lowest BCUT2D eigenvalue weighted by molar-refractivity contribution is -0.142. The maximum atomic E-state index is 13.2. The Morgan fingerprint density at radius 3 is 2.34 bits per heavy atom. The molecule has 2 aromatic carbocycles. The first-order valence-electron chi connectivity index (χ1n) is 11.5. The fourth-order valence-corrected chi connectivity index (χ4v) is 5.18. The van der Waals surface area contributed by atoms with Gasteiger partial charge in [-0.3, -0.25) is 14.8 Å². The summed E-state index contributed by atoms with van der Waals surface area (Å²) in [5.74, 6) is -1.62. The quantitative estimate of drug-likeness (QED) is 0.583. The maximum absolute atomic E-state index is 13.2. The summed E-state index contributed by atoms with van der Waals surface area (Å²) >= 11 is 0. The molecule has 5 rings (SSSR count). The Bertz CT molecular complexity index is 1270. The molecule has 9 nitrogen and oxygen atoms in total. The summed E-state index contributed by atoms with van der Waals surface area (Å²) < 4.78 is 6.96. The van der Waals surface area contributed by atoms with Gasteiger partial charge < -0.3 is 14.7 Å². The highest BCUT2D eigenvalue weighted by Crippen LogP contribution is 2.44. The van der Waals surface area contributed by atoms with Gasteiger partial charge in [-0.15, -0.1) is 0 Å². The van der Waals surface area contributed by atoms with Crippen LogP contribution in [0, 0.1) is 5.92 Å². The third-order valence-corrected chi connectivity index (χ3v) is 6.95. The summed E-state index contributed by atoms with van der Waals surface area (Å²) in [5, 5.41) is 16.3. The lowest BCUT2D eigenvalue weighted by Gasteiger charge is -2.23. The molecule has 1 aromatic heterocycles. The zero-order valence-electron chi connectivity index (χ0n) is 19.5. The van der Waals surface area contributed by atoms with Crippen LogP contribution in [0.4, 0.5) is 10.6 Å². The topological polar surface area (TPSA) is 114 Å². The summed E-state index contributed by atoms with van der Waals surface area (Å²) in [6.45, 7) is 2.27. The second-order valence-electron chi connectivity index (χ2n) is 9.03. The van der Waals surface area contributed by atoms with Gasteiger partial charge in [0, 0.05) is 19.5 Å². The summed E-state index contributed by atoms with van der Waals surface area (Å²) in [6.07, 6.45) is 1.22. The number of hydrogen-bond acceptors (Lipinski definition) is 5. The first-order valence-corrected chi connectivity index (χ1v) is 11.5. The minimum atomic E-state index is -1.04. The number of anilines is 1. The van der Waals surface area contributed by atoms with E-state index in [0.717, 1.165) is 22.3 Å². The molecular formula is C26H26N4O5. The molecule has 2 aliphatic rings. The van der Waals surface area contributed by atoms with Gasteiger partial charge in [0.05, 0.1) is 6.20 Å². The van der Waals surface area contributed by atoms with E-state index >= 15 is 0 Å². The number of aryl methyl sites for hydroxylation is 1. The number of aliphatic carboxylic acids is 1. The van der Waals surface area contributed by atoms with Crippen molar-refractivity contribution in [2.75, 3.05) is 18.5 Å². The minimum absolute atomic E-state index is 0.0943. The summed E-state index contributed by atoms with van der Waals surface area (Å²) in [4.78, 5) is 39.0. The number of ether oxygens (including phenoxy) is 1. The molecule has 1 saturated heterocycles. The molecule has 2 heterocycles. The van der Waals surface area contributed by atoms with Crippen molar-refractivity contribution in [1.82, 2.24) is 14.7 Å². The molecule has 2 unspecified atom stereocenters. The van der Waals surface area contributed by atoms with Gasteiger partial charge in [-0.2, -0.15) is 5.10 Å². The normalized spacial score (nSPS) is 18.7. The third kappa shape index (κ3) is 3.92. The van der Waals surface area contributed by atoms with Crippen molar-refractivity contribution >= 4 is 23.8 Å². The molecule has 1 fully saturated rings. The van der Waals surface area contributed by atoms with E-state index in [1.54, 1.807) is 7.05 Å². The third-order valence-electron chi connectivity index (χ3n) is 6.95. The summed E-state index contributed by atoms with van der Waals surface area (Å²) in [6, 6.07) is 15.2. The standard InChI is InChI=1S/C26H26N4O5/c1-15-11-12-30(22(15)25(32)33)24(31)20-13-27-29(2)23(20)28-26(34)35-14-21-18-9-5-3-7-16(18)17-8-4-6-10-19(17)21/h3-10,13,15,21-22H,11-12,14H2,1-2H3,(H,28,34)(H,32,33). The summed E-state index contributed by atoms with van der Waals surface area (Å²) in [7, 11) is 1.59. The van der Waals surface area contributed by atoms with Gasteiger partial charge in [0.25, 0.3) is 5.91 Å². The maximum Gasteiger partial charge on any atom is 0.412 e. The molecule has 3 aromatic rings. The van der Waals surface area contributed by atoms with Crippen LogP contribution in [-0.4, -0.2) is 57.0 Å². The lowest BCUT2D eigenvalue weighted by atomic mass is 9.98.